The van der Waals surface area contributed by atoms with Crippen molar-refractivity contribution in [2.24, 2.45) is 18.2 Å². The van der Waals surface area contributed by atoms with Gasteiger partial charge in [0.1, 0.15) is 0 Å². The van der Waals surface area contributed by atoms with Crippen molar-refractivity contribution < 1.29 is 0 Å². The lowest BCUT2D eigenvalue weighted by atomic mass is 9.81. The van der Waals surface area contributed by atoms with Gasteiger partial charge in [0.15, 0.2) is 5.82 Å². The topological polar surface area (TPSA) is 88.7 Å². The van der Waals surface area contributed by atoms with Gasteiger partial charge in [0.25, 0.3) is 0 Å². The Hall–Kier alpha value is -1.89. The Morgan fingerprint density at radius 3 is 2.67 bits per heavy atom. The highest BCUT2D eigenvalue weighted by atomic mass is 15.4. The van der Waals surface area contributed by atoms with Crippen molar-refractivity contribution in [3.05, 3.63) is 11.9 Å². The third-order valence-electron chi connectivity index (χ3n) is 4.49. The number of piperidine rings is 1. The zero-order valence-corrected chi connectivity index (χ0v) is 12.9. The summed E-state index contributed by atoms with van der Waals surface area (Å²) >= 11 is 0. The molecule has 1 fully saturated rings. The summed E-state index contributed by atoms with van der Waals surface area (Å²) in [7, 11) is 1.91. The maximum absolute atomic E-state index is 5.86. The molecule has 0 saturated carbocycles. The van der Waals surface area contributed by atoms with E-state index >= 15 is 0 Å². The molecule has 7 heteroatoms. The van der Waals surface area contributed by atoms with Crippen LogP contribution in [0.2, 0.25) is 0 Å². The maximum Gasteiger partial charge on any atom is 0.245 e. The van der Waals surface area contributed by atoms with Crippen molar-refractivity contribution in [1.82, 2.24) is 25.0 Å². The van der Waals surface area contributed by atoms with Crippen LogP contribution >= 0.6 is 0 Å². The van der Waals surface area contributed by atoms with Gasteiger partial charge in [-0.2, -0.15) is 10.1 Å². The van der Waals surface area contributed by atoms with Gasteiger partial charge in [-0.05, 0) is 31.7 Å². The van der Waals surface area contributed by atoms with Crippen LogP contribution in [-0.4, -0.2) is 44.6 Å². The summed E-state index contributed by atoms with van der Waals surface area (Å²) in [6, 6.07) is 0. The number of aromatic nitrogens is 5. The van der Waals surface area contributed by atoms with Crippen molar-refractivity contribution in [3.63, 3.8) is 0 Å². The number of H-pyrrole nitrogens is 1. The van der Waals surface area contributed by atoms with Crippen LogP contribution in [0.5, 0.6) is 0 Å². The summed E-state index contributed by atoms with van der Waals surface area (Å²) in [5, 5.41) is 11.7. The Balaban J connectivity index is 1.76. The van der Waals surface area contributed by atoms with Crippen LogP contribution in [0.15, 0.2) is 6.20 Å². The van der Waals surface area contributed by atoms with Gasteiger partial charge in [-0.3, -0.25) is 9.78 Å². The van der Waals surface area contributed by atoms with Crippen molar-refractivity contribution in [1.29, 1.82) is 0 Å². The van der Waals surface area contributed by atoms with E-state index in [0.717, 1.165) is 55.5 Å². The number of aromatic amines is 1. The number of hydrogen-bond acceptors (Lipinski definition) is 5. The van der Waals surface area contributed by atoms with Crippen LogP contribution < -0.4 is 10.6 Å². The van der Waals surface area contributed by atoms with Crippen molar-refractivity contribution in [2.75, 3.05) is 24.5 Å². The fourth-order valence-corrected chi connectivity index (χ4v) is 2.80. The number of nitrogens with zero attached hydrogens (tertiary/aromatic N) is 5. The van der Waals surface area contributed by atoms with Gasteiger partial charge >= 0.3 is 0 Å². The van der Waals surface area contributed by atoms with E-state index in [2.05, 4.69) is 32.1 Å². The molecule has 114 valence electrons. The van der Waals surface area contributed by atoms with Gasteiger partial charge in [0.05, 0.1) is 11.3 Å². The lowest BCUT2D eigenvalue weighted by Gasteiger charge is -2.38. The van der Waals surface area contributed by atoms with Crippen LogP contribution in [0.25, 0.3) is 11.4 Å². The number of nitrogens with two attached hydrogens (primary N) is 1. The molecule has 0 aliphatic carbocycles. The van der Waals surface area contributed by atoms with Gasteiger partial charge in [-0.15, -0.1) is 5.10 Å². The lowest BCUT2D eigenvalue weighted by molar-refractivity contribution is 0.257. The SMILES string of the molecule is Cc1nn(C)cc1-c1nc(N2CCC(C)(CN)CC2)n[nH]1. The van der Waals surface area contributed by atoms with E-state index in [0.29, 0.717) is 0 Å². The van der Waals surface area contributed by atoms with Crippen LogP contribution in [0.1, 0.15) is 25.5 Å². The second-order valence-electron chi connectivity index (χ2n) is 6.29. The maximum atomic E-state index is 5.86. The molecule has 0 bridgehead atoms. The fourth-order valence-electron chi connectivity index (χ4n) is 2.80. The average Bonchev–Trinajstić information content (AvgIpc) is 3.06. The highest BCUT2D eigenvalue weighted by molar-refractivity contribution is 5.58. The molecule has 2 aromatic rings. The molecule has 0 amide bonds. The second kappa shape index (κ2) is 5.14. The molecule has 0 spiro atoms. The van der Waals surface area contributed by atoms with Gasteiger partial charge in [-0.25, -0.2) is 0 Å². The highest BCUT2D eigenvalue weighted by Gasteiger charge is 2.30. The Labute approximate surface area is 124 Å². The third-order valence-corrected chi connectivity index (χ3v) is 4.49. The molecule has 0 atom stereocenters. The minimum Gasteiger partial charge on any atom is -0.339 e. The molecule has 21 heavy (non-hydrogen) atoms. The van der Waals surface area contributed by atoms with Gasteiger partial charge in [-0.1, -0.05) is 6.92 Å². The lowest BCUT2D eigenvalue weighted by Crippen LogP contribution is -2.42. The molecule has 3 rings (SSSR count). The zero-order chi connectivity index (χ0) is 15.0. The van der Waals surface area contributed by atoms with E-state index in [9.17, 15) is 0 Å². The normalized spacial score (nSPS) is 18.2. The van der Waals surface area contributed by atoms with E-state index < -0.39 is 0 Å². The molecule has 1 saturated heterocycles. The quantitative estimate of drug-likeness (QED) is 0.882. The Bertz CT molecular complexity index is 619. The molecule has 0 aromatic carbocycles. The first-order chi connectivity index (χ1) is 10.0. The summed E-state index contributed by atoms with van der Waals surface area (Å²) in [4.78, 5) is 6.85. The largest absolute Gasteiger partial charge is 0.339 e. The Morgan fingerprint density at radius 2 is 2.10 bits per heavy atom. The molecular weight excluding hydrogens is 266 g/mol. The molecule has 1 aliphatic heterocycles. The monoisotopic (exact) mass is 289 g/mol. The van der Waals surface area contributed by atoms with E-state index in [1.165, 1.54) is 0 Å². The number of rotatable bonds is 3. The molecule has 0 unspecified atom stereocenters. The Kier molecular flexibility index (Phi) is 3.44. The molecule has 3 N–H and O–H groups in total. The van der Waals surface area contributed by atoms with Crippen molar-refractivity contribution in [2.45, 2.75) is 26.7 Å². The average molecular weight is 289 g/mol. The summed E-state index contributed by atoms with van der Waals surface area (Å²) < 4.78 is 1.79. The summed E-state index contributed by atoms with van der Waals surface area (Å²) in [5.74, 6) is 1.55. The van der Waals surface area contributed by atoms with Crippen LogP contribution in [0.3, 0.4) is 0 Å². The van der Waals surface area contributed by atoms with Crippen LogP contribution in [0, 0.1) is 12.3 Å². The molecule has 0 radical (unpaired) electrons. The Morgan fingerprint density at radius 1 is 1.38 bits per heavy atom. The van der Waals surface area contributed by atoms with E-state index in [1.807, 2.05) is 20.2 Å². The van der Waals surface area contributed by atoms with Crippen molar-refractivity contribution in [3.8, 4) is 11.4 Å². The van der Waals surface area contributed by atoms with Gasteiger partial charge in [0.2, 0.25) is 5.95 Å². The van der Waals surface area contributed by atoms with E-state index in [1.54, 1.807) is 4.68 Å². The number of hydrogen-bond donors (Lipinski definition) is 2. The molecule has 1 aliphatic rings. The summed E-state index contributed by atoms with van der Waals surface area (Å²) in [6.45, 7) is 6.89. The summed E-state index contributed by atoms with van der Waals surface area (Å²) in [5.41, 5.74) is 8.07. The first-order valence-electron chi connectivity index (χ1n) is 7.39. The smallest absolute Gasteiger partial charge is 0.245 e. The van der Waals surface area contributed by atoms with Crippen LogP contribution in [-0.2, 0) is 7.05 Å². The molecule has 3 heterocycles. The second-order valence-corrected chi connectivity index (χ2v) is 6.29. The molecule has 7 nitrogen and oxygen atoms in total. The fraction of sp³-hybridized carbons (Fsp3) is 0.643. The third kappa shape index (κ3) is 2.65. The predicted molar refractivity (Wildman–Crippen MR) is 81.9 cm³/mol. The zero-order valence-electron chi connectivity index (χ0n) is 12.9. The predicted octanol–water partition coefficient (Wildman–Crippen LogP) is 1.08. The first-order valence-corrected chi connectivity index (χ1v) is 7.39. The number of aryl methyl sites for hydroxylation is 2. The van der Waals surface area contributed by atoms with Gasteiger partial charge in [0, 0.05) is 26.3 Å². The summed E-state index contributed by atoms with van der Waals surface area (Å²) in [6.07, 6.45) is 4.12. The van der Waals surface area contributed by atoms with E-state index in [4.69, 9.17) is 5.73 Å². The highest BCUT2D eigenvalue weighted by Crippen LogP contribution is 2.31. The standard InChI is InChI=1S/C14H23N7/c1-10-11(8-20(3)19-10)12-16-13(18-17-12)21-6-4-14(2,9-15)5-7-21/h8H,4-7,9,15H2,1-3H3,(H,16,17,18). The first kappa shape index (κ1) is 14.1. The number of anilines is 1. The molecule has 2 aromatic heterocycles. The minimum atomic E-state index is 0.259. The minimum absolute atomic E-state index is 0.259. The number of nitrogens with one attached hydrogen (secondary N) is 1. The molecular formula is C14H23N7. The van der Waals surface area contributed by atoms with E-state index in [-0.39, 0.29) is 5.41 Å². The van der Waals surface area contributed by atoms with Crippen LogP contribution in [0.4, 0.5) is 5.95 Å². The van der Waals surface area contributed by atoms with Gasteiger partial charge < -0.3 is 10.6 Å². The van der Waals surface area contributed by atoms with Crippen molar-refractivity contribution >= 4 is 5.95 Å².